The highest BCUT2D eigenvalue weighted by Gasteiger charge is 2.42. The second-order valence-electron chi connectivity index (χ2n) is 5.79. The Labute approximate surface area is 129 Å². The quantitative estimate of drug-likeness (QED) is 0.855. The van der Waals surface area contributed by atoms with E-state index in [4.69, 9.17) is 16.4 Å². The maximum absolute atomic E-state index is 6.02. The molecule has 0 radical (unpaired) electrons. The number of aromatic nitrogens is 1. The predicted octanol–water partition coefficient (Wildman–Crippen LogP) is 4.11. The summed E-state index contributed by atoms with van der Waals surface area (Å²) in [6.45, 7) is 4.31. The summed E-state index contributed by atoms with van der Waals surface area (Å²) in [5.41, 5.74) is 2.83. The molecule has 2 heterocycles. The number of rotatable bonds is 3. The van der Waals surface area contributed by atoms with Gasteiger partial charge in [-0.1, -0.05) is 60.9 Å². The van der Waals surface area contributed by atoms with Crippen LogP contribution < -0.4 is 0 Å². The van der Waals surface area contributed by atoms with Crippen molar-refractivity contribution in [2.24, 2.45) is 10.6 Å². The summed E-state index contributed by atoms with van der Waals surface area (Å²) in [4.78, 5) is 10.0. The molecule has 1 atom stereocenters. The first kappa shape index (κ1) is 14.1. The standard InChI is InChI=1S/C17H17ClN2O/c1-17(2)15(11-14-10-13(18)8-9-19-14)21-20-16(17)12-6-4-3-5-7-12/h3-10,15H,11H2,1-2H3. The third kappa shape index (κ3) is 2.79. The molecular weight excluding hydrogens is 284 g/mol. The van der Waals surface area contributed by atoms with Gasteiger partial charge in [-0.2, -0.15) is 0 Å². The maximum atomic E-state index is 6.02. The topological polar surface area (TPSA) is 34.5 Å². The van der Waals surface area contributed by atoms with Crippen LogP contribution in [-0.2, 0) is 11.3 Å². The molecule has 0 amide bonds. The van der Waals surface area contributed by atoms with Crippen LogP contribution in [0.1, 0.15) is 25.1 Å². The number of hydrogen-bond donors (Lipinski definition) is 0. The monoisotopic (exact) mass is 300 g/mol. The number of nitrogens with zero attached hydrogens (tertiary/aromatic N) is 2. The van der Waals surface area contributed by atoms with Gasteiger partial charge in [0.25, 0.3) is 0 Å². The Morgan fingerprint density at radius 2 is 1.95 bits per heavy atom. The Morgan fingerprint density at radius 1 is 1.19 bits per heavy atom. The Hall–Kier alpha value is -1.87. The molecule has 0 saturated heterocycles. The van der Waals surface area contributed by atoms with E-state index in [0.717, 1.165) is 17.0 Å². The Kier molecular flexibility index (Phi) is 3.68. The molecule has 0 bridgehead atoms. The molecule has 4 heteroatoms. The van der Waals surface area contributed by atoms with Gasteiger partial charge in [-0.3, -0.25) is 4.98 Å². The Morgan fingerprint density at radius 3 is 2.67 bits per heavy atom. The summed E-state index contributed by atoms with van der Waals surface area (Å²) in [6.07, 6.45) is 2.37. The van der Waals surface area contributed by atoms with Crippen molar-refractivity contribution in [1.82, 2.24) is 4.98 Å². The van der Waals surface area contributed by atoms with Crippen molar-refractivity contribution in [2.45, 2.75) is 26.4 Å². The van der Waals surface area contributed by atoms with Crippen molar-refractivity contribution in [1.29, 1.82) is 0 Å². The fourth-order valence-corrected chi connectivity index (χ4v) is 2.76. The molecule has 0 N–H and O–H groups in total. The number of benzene rings is 1. The lowest BCUT2D eigenvalue weighted by Crippen LogP contribution is -2.35. The van der Waals surface area contributed by atoms with Crippen LogP contribution in [0.25, 0.3) is 0 Å². The fraction of sp³-hybridized carbons (Fsp3) is 0.294. The fourth-order valence-electron chi connectivity index (χ4n) is 2.58. The molecule has 3 nitrogen and oxygen atoms in total. The summed E-state index contributed by atoms with van der Waals surface area (Å²) >= 11 is 6.02. The Balaban J connectivity index is 1.82. The first-order valence-corrected chi connectivity index (χ1v) is 7.35. The van der Waals surface area contributed by atoms with E-state index in [2.05, 4.69) is 36.1 Å². The van der Waals surface area contributed by atoms with Gasteiger partial charge in [0.1, 0.15) is 6.10 Å². The van der Waals surface area contributed by atoms with E-state index in [1.54, 1.807) is 12.3 Å². The lowest BCUT2D eigenvalue weighted by Gasteiger charge is -2.25. The van der Waals surface area contributed by atoms with Crippen LogP contribution in [0, 0.1) is 5.41 Å². The summed E-state index contributed by atoms with van der Waals surface area (Å²) in [7, 11) is 0. The van der Waals surface area contributed by atoms with Crippen LogP contribution in [0.4, 0.5) is 0 Å². The second-order valence-corrected chi connectivity index (χ2v) is 6.23. The molecule has 1 aromatic heterocycles. The zero-order valence-corrected chi connectivity index (χ0v) is 12.8. The van der Waals surface area contributed by atoms with Gasteiger partial charge in [-0.25, -0.2) is 0 Å². The summed E-state index contributed by atoms with van der Waals surface area (Å²) < 4.78 is 0. The van der Waals surface area contributed by atoms with Gasteiger partial charge in [0.15, 0.2) is 0 Å². The van der Waals surface area contributed by atoms with E-state index in [-0.39, 0.29) is 11.5 Å². The largest absolute Gasteiger partial charge is 0.391 e. The number of halogens is 1. The van der Waals surface area contributed by atoms with Gasteiger partial charge in [0, 0.05) is 23.3 Å². The van der Waals surface area contributed by atoms with Crippen LogP contribution in [-0.4, -0.2) is 16.8 Å². The van der Waals surface area contributed by atoms with Gasteiger partial charge < -0.3 is 4.84 Å². The smallest absolute Gasteiger partial charge is 0.143 e. The third-order valence-corrected chi connectivity index (χ3v) is 4.14. The van der Waals surface area contributed by atoms with E-state index in [0.29, 0.717) is 11.4 Å². The zero-order valence-electron chi connectivity index (χ0n) is 12.1. The Bertz CT molecular complexity index is 668. The zero-order chi connectivity index (χ0) is 14.9. The highest BCUT2D eigenvalue weighted by molar-refractivity contribution is 6.30. The van der Waals surface area contributed by atoms with Gasteiger partial charge in [-0.15, -0.1) is 0 Å². The van der Waals surface area contributed by atoms with Crippen LogP contribution >= 0.6 is 11.6 Å². The van der Waals surface area contributed by atoms with Gasteiger partial charge in [-0.05, 0) is 17.7 Å². The molecule has 3 rings (SSSR count). The average Bonchev–Trinajstić information content (AvgIpc) is 2.75. The minimum absolute atomic E-state index is 0.0429. The SMILES string of the molecule is CC1(C)C(c2ccccc2)=NOC1Cc1cc(Cl)ccn1. The van der Waals surface area contributed by atoms with Crippen molar-refractivity contribution in [3.63, 3.8) is 0 Å². The van der Waals surface area contributed by atoms with Gasteiger partial charge >= 0.3 is 0 Å². The molecule has 0 fully saturated rings. The molecule has 1 unspecified atom stereocenters. The highest BCUT2D eigenvalue weighted by Crippen LogP contribution is 2.36. The predicted molar refractivity (Wildman–Crippen MR) is 84.6 cm³/mol. The van der Waals surface area contributed by atoms with Crippen LogP contribution in [0.15, 0.2) is 53.8 Å². The molecule has 21 heavy (non-hydrogen) atoms. The van der Waals surface area contributed by atoms with Crippen molar-refractivity contribution >= 4 is 17.3 Å². The molecule has 0 spiro atoms. The van der Waals surface area contributed by atoms with Crippen molar-refractivity contribution in [3.05, 3.63) is 64.9 Å². The van der Waals surface area contributed by atoms with Crippen LogP contribution in [0.2, 0.25) is 5.02 Å². The molecule has 108 valence electrons. The van der Waals surface area contributed by atoms with Gasteiger partial charge in [0.05, 0.1) is 11.1 Å². The minimum Gasteiger partial charge on any atom is -0.391 e. The third-order valence-electron chi connectivity index (χ3n) is 3.91. The van der Waals surface area contributed by atoms with E-state index in [1.165, 1.54) is 0 Å². The van der Waals surface area contributed by atoms with E-state index < -0.39 is 0 Å². The summed E-state index contributed by atoms with van der Waals surface area (Å²) in [5, 5.41) is 5.01. The normalized spacial score (nSPS) is 20.0. The minimum atomic E-state index is -0.175. The number of pyridine rings is 1. The molecule has 0 saturated carbocycles. The number of hydrogen-bond acceptors (Lipinski definition) is 3. The highest BCUT2D eigenvalue weighted by atomic mass is 35.5. The molecule has 1 aliphatic rings. The van der Waals surface area contributed by atoms with Crippen molar-refractivity contribution in [2.75, 3.05) is 0 Å². The number of oxime groups is 1. The first-order chi connectivity index (χ1) is 10.1. The lowest BCUT2D eigenvalue weighted by atomic mass is 9.77. The molecule has 0 aliphatic carbocycles. The van der Waals surface area contributed by atoms with Gasteiger partial charge in [0.2, 0.25) is 0 Å². The molecule has 2 aromatic rings. The average molecular weight is 301 g/mol. The molecular formula is C17H17ClN2O. The van der Waals surface area contributed by atoms with Crippen LogP contribution in [0.3, 0.4) is 0 Å². The van der Waals surface area contributed by atoms with Crippen molar-refractivity contribution in [3.8, 4) is 0 Å². The summed E-state index contributed by atoms with van der Waals surface area (Å²) in [6, 6.07) is 13.8. The van der Waals surface area contributed by atoms with E-state index in [9.17, 15) is 0 Å². The summed E-state index contributed by atoms with van der Waals surface area (Å²) in [5.74, 6) is 0. The van der Waals surface area contributed by atoms with E-state index >= 15 is 0 Å². The molecule has 1 aromatic carbocycles. The van der Waals surface area contributed by atoms with Crippen LogP contribution in [0.5, 0.6) is 0 Å². The first-order valence-electron chi connectivity index (χ1n) is 6.97. The maximum Gasteiger partial charge on any atom is 0.143 e. The van der Waals surface area contributed by atoms with Crippen molar-refractivity contribution < 1.29 is 4.84 Å². The molecule has 1 aliphatic heterocycles. The lowest BCUT2D eigenvalue weighted by molar-refractivity contribution is 0.0364. The van der Waals surface area contributed by atoms with E-state index in [1.807, 2.05) is 24.3 Å². The second kappa shape index (κ2) is 5.49.